The molecule has 0 spiro atoms. The zero-order valence-corrected chi connectivity index (χ0v) is 33.5. The van der Waals surface area contributed by atoms with Crippen LogP contribution >= 0.6 is 0 Å². The molecule has 3 atom stereocenters. The SMILES string of the molecule is c1ccc(-c2ccc(N(c3ccc(-c4ccc(-c5ccc(C6CC7CCC6C7)cc5)cc4)cc3)c3ccc(-c4cc5cccc6ccc7cccc4c7c65)cc3)cn2)cc1. The summed E-state index contributed by atoms with van der Waals surface area (Å²) in [6.07, 6.45) is 7.71. The van der Waals surface area contributed by atoms with Crippen LogP contribution in [0, 0.1) is 11.8 Å². The fourth-order valence-electron chi connectivity index (χ4n) is 10.8. The summed E-state index contributed by atoms with van der Waals surface area (Å²) in [7, 11) is 0. The minimum Gasteiger partial charge on any atom is -0.309 e. The van der Waals surface area contributed by atoms with Gasteiger partial charge in [-0.1, -0.05) is 158 Å². The van der Waals surface area contributed by atoms with Crippen molar-refractivity contribution in [3.8, 4) is 44.6 Å². The Morgan fingerprint density at radius 2 is 1.00 bits per heavy atom. The molecule has 0 saturated heterocycles. The van der Waals surface area contributed by atoms with Crippen LogP contribution in [-0.4, -0.2) is 4.98 Å². The van der Waals surface area contributed by atoms with E-state index in [0.717, 1.165) is 46.1 Å². The second kappa shape index (κ2) is 14.4. The van der Waals surface area contributed by atoms with Gasteiger partial charge in [-0.3, -0.25) is 4.98 Å². The summed E-state index contributed by atoms with van der Waals surface area (Å²) in [5.41, 5.74) is 14.2. The van der Waals surface area contributed by atoms with Gasteiger partial charge in [-0.05, 0) is 151 Å². The number of aromatic nitrogens is 1. The highest BCUT2D eigenvalue weighted by molar-refractivity contribution is 6.26. The van der Waals surface area contributed by atoms with Crippen LogP contribution in [0.25, 0.3) is 77.0 Å². The van der Waals surface area contributed by atoms with Gasteiger partial charge < -0.3 is 4.90 Å². The van der Waals surface area contributed by atoms with E-state index in [2.05, 4.69) is 193 Å². The van der Waals surface area contributed by atoms with Gasteiger partial charge in [-0.15, -0.1) is 0 Å². The van der Waals surface area contributed by atoms with E-state index in [1.54, 1.807) is 5.56 Å². The number of nitrogens with zero attached hydrogens (tertiary/aromatic N) is 2. The van der Waals surface area contributed by atoms with Crippen molar-refractivity contribution in [3.05, 3.63) is 206 Å². The van der Waals surface area contributed by atoms with Crippen LogP contribution in [-0.2, 0) is 0 Å². The van der Waals surface area contributed by atoms with Gasteiger partial charge in [0, 0.05) is 16.9 Å². The van der Waals surface area contributed by atoms with Crippen LogP contribution < -0.4 is 4.90 Å². The maximum Gasteiger partial charge on any atom is 0.0703 e. The topological polar surface area (TPSA) is 16.1 Å². The van der Waals surface area contributed by atoms with Crippen LogP contribution in [0.5, 0.6) is 0 Å². The van der Waals surface area contributed by atoms with Crippen molar-refractivity contribution in [1.29, 1.82) is 0 Å². The molecule has 3 unspecified atom stereocenters. The molecule has 9 aromatic carbocycles. The lowest BCUT2D eigenvalue weighted by Crippen LogP contribution is -2.10. The number of benzene rings is 9. The van der Waals surface area contributed by atoms with Gasteiger partial charge >= 0.3 is 0 Å². The molecular weight excluding hydrogens is 725 g/mol. The normalized spacial score (nSPS) is 17.2. The van der Waals surface area contributed by atoms with Crippen LogP contribution in [0.2, 0.25) is 0 Å². The van der Waals surface area contributed by atoms with Crippen LogP contribution in [0.15, 0.2) is 200 Å². The average molecular weight is 769 g/mol. The smallest absolute Gasteiger partial charge is 0.0703 e. The lowest BCUT2D eigenvalue weighted by Gasteiger charge is -2.26. The van der Waals surface area contributed by atoms with Gasteiger partial charge in [-0.2, -0.15) is 0 Å². The molecule has 2 heteroatoms. The standard InChI is InChI=1S/C58H44N2/c1-2-6-45(7-3-1)56-33-32-52(37-59-56)60(51-30-26-44(27-31-51)55-36-49-10-4-8-46-22-23-47-9-5-11-53(55)58(47)57(46)49)50-28-24-42(25-29-50)40-16-14-39(15-17-40)41-18-20-43(21-19-41)54-35-38-12-13-48(54)34-38/h1-11,14-33,36-38,48,54H,12-13,34-35H2. The second-order valence-corrected chi connectivity index (χ2v) is 17.2. The number of rotatable bonds is 8. The van der Waals surface area contributed by atoms with Crippen LogP contribution in [0.3, 0.4) is 0 Å². The number of anilines is 3. The van der Waals surface area contributed by atoms with E-state index in [-0.39, 0.29) is 0 Å². The zero-order chi connectivity index (χ0) is 39.6. The Balaban J connectivity index is 0.863. The van der Waals surface area contributed by atoms with Gasteiger partial charge in [0.25, 0.3) is 0 Å². The molecule has 2 fully saturated rings. The Bertz CT molecular complexity index is 3110. The van der Waals surface area contributed by atoms with Crippen molar-refractivity contribution in [2.24, 2.45) is 11.8 Å². The third-order valence-electron chi connectivity index (χ3n) is 13.8. The van der Waals surface area contributed by atoms with E-state index in [1.807, 2.05) is 12.3 Å². The van der Waals surface area contributed by atoms with Gasteiger partial charge in [-0.25, -0.2) is 0 Å². The average Bonchev–Trinajstić information content (AvgIpc) is 3.97. The number of hydrogen-bond donors (Lipinski definition) is 0. The largest absolute Gasteiger partial charge is 0.309 e. The Hall–Kier alpha value is -7.03. The molecule has 1 heterocycles. The van der Waals surface area contributed by atoms with Gasteiger partial charge in [0.1, 0.15) is 0 Å². The van der Waals surface area contributed by atoms with Crippen molar-refractivity contribution in [2.45, 2.75) is 31.6 Å². The molecule has 60 heavy (non-hydrogen) atoms. The molecule has 286 valence electrons. The summed E-state index contributed by atoms with van der Waals surface area (Å²) in [6, 6.07) is 71.4. The van der Waals surface area contributed by atoms with E-state index in [9.17, 15) is 0 Å². The predicted octanol–water partition coefficient (Wildman–Crippen LogP) is 16.0. The third-order valence-corrected chi connectivity index (χ3v) is 13.8. The molecule has 2 saturated carbocycles. The first-order chi connectivity index (χ1) is 29.7. The summed E-state index contributed by atoms with van der Waals surface area (Å²) < 4.78 is 0. The molecular formula is C58H44N2. The van der Waals surface area contributed by atoms with E-state index in [1.165, 1.54) is 91.4 Å². The van der Waals surface area contributed by atoms with Crippen molar-refractivity contribution < 1.29 is 0 Å². The van der Waals surface area contributed by atoms with Gasteiger partial charge in [0.15, 0.2) is 0 Å². The first-order valence-corrected chi connectivity index (χ1v) is 21.6. The Morgan fingerprint density at radius 3 is 1.62 bits per heavy atom. The first kappa shape index (κ1) is 35.0. The summed E-state index contributed by atoms with van der Waals surface area (Å²) in [4.78, 5) is 7.26. The highest BCUT2D eigenvalue weighted by Gasteiger charge is 2.40. The minimum atomic E-state index is 0.772. The quantitative estimate of drug-likeness (QED) is 0.143. The molecule has 2 aliphatic carbocycles. The molecule has 2 aliphatic rings. The highest BCUT2D eigenvalue weighted by atomic mass is 15.1. The summed E-state index contributed by atoms with van der Waals surface area (Å²) in [5, 5.41) is 7.81. The molecule has 1 aromatic heterocycles. The van der Waals surface area contributed by atoms with Crippen molar-refractivity contribution in [2.75, 3.05) is 4.90 Å². The summed E-state index contributed by atoms with van der Waals surface area (Å²) in [6.45, 7) is 0. The number of fused-ring (bicyclic) bond motifs is 2. The van der Waals surface area contributed by atoms with Crippen molar-refractivity contribution in [1.82, 2.24) is 4.98 Å². The Morgan fingerprint density at radius 1 is 0.417 bits per heavy atom. The maximum atomic E-state index is 4.95. The minimum absolute atomic E-state index is 0.772. The molecule has 2 nitrogen and oxygen atoms in total. The summed E-state index contributed by atoms with van der Waals surface area (Å²) in [5.74, 6) is 2.65. The van der Waals surface area contributed by atoms with E-state index >= 15 is 0 Å². The number of hydrogen-bond acceptors (Lipinski definition) is 2. The molecule has 12 rings (SSSR count). The second-order valence-electron chi connectivity index (χ2n) is 17.2. The fourth-order valence-corrected chi connectivity index (χ4v) is 10.8. The Kier molecular flexibility index (Phi) is 8.37. The summed E-state index contributed by atoms with van der Waals surface area (Å²) >= 11 is 0. The molecule has 10 aromatic rings. The van der Waals surface area contributed by atoms with Crippen LogP contribution in [0.1, 0.15) is 37.2 Å². The van der Waals surface area contributed by atoms with Crippen LogP contribution in [0.4, 0.5) is 17.1 Å². The van der Waals surface area contributed by atoms with Gasteiger partial charge in [0.2, 0.25) is 0 Å². The molecule has 0 N–H and O–H groups in total. The highest BCUT2D eigenvalue weighted by Crippen LogP contribution is 2.53. The van der Waals surface area contributed by atoms with Gasteiger partial charge in [0.05, 0.1) is 17.6 Å². The molecule has 2 bridgehead atoms. The monoisotopic (exact) mass is 768 g/mol. The Labute approximate surface area is 351 Å². The van der Waals surface area contributed by atoms with Crippen molar-refractivity contribution >= 4 is 49.4 Å². The first-order valence-electron chi connectivity index (χ1n) is 21.6. The lowest BCUT2D eigenvalue weighted by molar-refractivity contribution is 0.420. The van der Waals surface area contributed by atoms with E-state index in [0.29, 0.717) is 0 Å². The van der Waals surface area contributed by atoms with E-state index in [4.69, 9.17) is 4.98 Å². The maximum absolute atomic E-state index is 4.95. The molecule has 0 radical (unpaired) electrons. The zero-order valence-electron chi connectivity index (χ0n) is 33.5. The predicted molar refractivity (Wildman–Crippen MR) is 253 cm³/mol. The number of pyridine rings is 1. The third kappa shape index (κ3) is 6.06. The lowest BCUT2D eigenvalue weighted by atomic mass is 9.83. The fraction of sp³-hybridized carbons (Fsp3) is 0.121. The van der Waals surface area contributed by atoms with Crippen molar-refractivity contribution in [3.63, 3.8) is 0 Å². The van der Waals surface area contributed by atoms with E-state index < -0.39 is 0 Å². The molecule has 0 aliphatic heterocycles. The molecule has 0 amide bonds.